The molecule has 116 valence electrons. The topological polar surface area (TPSA) is 82.2 Å². The highest BCUT2D eigenvalue weighted by Gasteiger charge is 2.28. The van der Waals surface area contributed by atoms with Crippen LogP contribution in [0.3, 0.4) is 0 Å². The van der Waals surface area contributed by atoms with E-state index in [0.717, 1.165) is 17.0 Å². The van der Waals surface area contributed by atoms with E-state index in [0.29, 0.717) is 6.42 Å². The second-order valence-electron chi connectivity index (χ2n) is 5.74. The number of aromatic amines is 1. The summed E-state index contributed by atoms with van der Waals surface area (Å²) in [6, 6.07) is 13.8. The van der Waals surface area contributed by atoms with Gasteiger partial charge in [0.1, 0.15) is 5.54 Å². The van der Waals surface area contributed by atoms with Crippen molar-refractivity contribution in [2.75, 3.05) is 0 Å². The summed E-state index contributed by atoms with van der Waals surface area (Å²) in [6.07, 6.45) is 0.778. The lowest BCUT2D eigenvalue weighted by Crippen LogP contribution is -2.49. The van der Waals surface area contributed by atoms with Crippen LogP contribution in [0.4, 0.5) is 0 Å². The average molecular weight is 300 g/mol. The summed E-state index contributed by atoms with van der Waals surface area (Å²) in [5.41, 5.74) is 1.79. The standard InChI is InChI=1S/C17H20N2O3/c1-17(2,16(21)22)19-15(20)11-9-13-8-10-14(18-13)12-6-4-3-5-7-12/h3-8,10,18H,9,11H2,1-2H3,(H,19,20)(H,21,22). The summed E-state index contributed by atoms with van der Waals surface area (Å²) in [6.45, 7) is 2.94. The molecule has 1 aromatic carbocycles. The first kappa shape index (κ1) is 15.8. The van der Waals surface area contributed by atoms with E-state index in [-0.39, 0.29) is 12.3 Å². The van der Waals surface area contributed by atoms with Gasteiger partial charge in [0.15, 0.2) is 0 Å². The van der Waals surface area contributed by atoms with Gasteiger partial charge in [0.05, 0.1) is 0 Å². The number of hydrogen-bond acceptors (Lipinski definition) is 2. The third-order valence-electron chi connectivity index (χ3n) is 3.44. The summed E-state index contributed by atoms with van der Waals surface area (Å²) in [7, 11) is 0. The van der Waals surface area contributed by atoms with Crippen LogP contribution in [0.2, 0.25) is 0 Å². The van der Waals surface area contributed by atoms with Crippen LogP contribution in [-0.2, 0) is 16.0 Å². The molecule has 0 aliphatic carbocycles. The molecule has 0 aliphatic heterocycles. The van der Waals surface area contributed by atoms with Crippen molar-refractivity contribution in [1.82, 2.24) is 10.3 Å². The second-order valence-corrected chi connectivity index (χ2v) is 5.74. The number of nitrogens with one attached hydrogen (secondary N) is 2. The molecule has 3 N–H and O–H groups in total. The molecule has 0 saturated heterocycles. The maximum absolute atomic E-state index is 11.8. The first-order valence-electron chi connectivity index (χ1n) is 7.16. The molecule has 5 nitrogen and oxygen atoms in total. The number of H-pyrrole nitrogens is 1. The minimum Gasteiger partial charge on any atom is -0.480 e. The molecule has 0 atom stereocenters. The number of benzene rings is 1. The minimum absolute atomic E-state index is 0.242. The van der Waals surface area contributed by atoms with Gasteiger partial charge < -0.3 is 15.4 Å². The number of carboxylic acid groups (broad SMARTS) is 1. The van der Waals surface area contributed by atoms with Crippen LogP contribution in [0.1, 0.15) is 26.0 Å². The van der Waals surface area contributed by atoms with Crippen LogP contribution in [0, 0.1) is 0 Å². The van der Waals surface area contributed by atoms with Gasteiger partial charge in [-0.2, -0.15) is 0 Å². The zero-order valence-corrected chi connectivity index (χ0v) is 12.7. The third kappa shape index (κ3) is 3.97. The molecule has 2 aromatic rings. The average Bonchev–Trinajstić information content (AvgIpc) is 2.94. The normalized spacial score (nSPS) is 11.2. The van der Waals surface area contributed by atoms with Gasteiger partial charge in [-0.3, -0.25) is 4.79 Å². The maximum Gasteiger partial charge on any atom is 0.328 e. The quantitative estimate of drug-likeness (QED) is 0.767. The van der Waals surface area contributed by atoms with Gasteiger partial charge >= 0.3 is 5.97 Å². The number of aryl methyl sites for hydroxylation is 1. The first-order chi connectivity index (χ1) is 10.4. The lowest BCUT2D eigenvalue weighted by atomic mass is 10.1. The summed E-state index contributed by atoms with van der Waals surface area (Å²) in [5.74, 6) is -1.32. The van der Waals surface area contributed by atoms with Crippen molar-refractivity contribution in [3.8, 4) is 11.3 Å². The van der Waals surface area contributed by atoms with Crippen molar-refractivity contribution in [1.29, 1.82) is 0 Å². The van der Waals surface area contributed by atoms with Crippen molar-refractivity contribution < 1.29 is 14.7 Å². The van der Waals surface area contributed by atoms with E-state index < -0.39 is 11.5 Å². The van der Waals surface area contributed by atoms with Crippen LogP contribution in [0.5, 0.6) is 0 Å². The molecule has 5 heteroatoms. The van der Waals surface area contributed by atoms with E-state index in [1.54, 1.807) is 0 Å². The van der Waals surface area contributed by atoms with Gasteiger partial charge in [-0.05, 0) is 38.0 Å². The van der Waals surface area contributed by atoms with Gasteiger partial charge in [0.2, 0.25) is 5.91 Å². The monoisotopic (exact) mass is 300 g/mol. The lowest BCUT2D eigenvalue weighted by molar-refractivity contribution is -0.146. The van der Waals surface area contributed by atoms with Crippen molar-refractivity contribution >= 4 is 11.9 Å². The van der Waals surface area contributed by atoms with Crippen molar-refractivity contribution in [3.05, 3.63) is 48.2 Å². The Kier molecular flexibility index (Phi) is 4.65. The summed E-state index contributed by atoms with van der Waals surface area (Å²) in [4.78, 5) is 26.1. The number of carbonyl (C=O) groups excluding carboxylic acids is 1. The molecular weight excluding hydrogens is 280 g/mol. The third-order valence-corrected chi connectivity index (χ3v) is 3.44. The number of carbonyl (C=O) groups is 2. The second kappa shape index (κ2) is 6.47. The molecule has 1 aromatic heterocycles. The molecule has 22 heavy (non-hydrogen) atoms. The molecule has 0 spiro atoms. The predicted molar refractivity (Wildman–Crippen MR) is 84.4 cm³/mol. The number of aliphatic carboxylic acids is 1. The Morgan fingerprint density at radius 3 is 2.45 bits per heavy atom. The molecule has 0 bridgehead atoms. The largest absolute Gasteiger partial charge is 0.480 e. The Balaban J connectivity index is 1.92. The molecule has 0 unspecified atom stereocenters. The number of aromatic nitrogens is 1. The molecule has 0 aliphatic rings. The SMILES string of the molecule is CC(C)(NC(=O)CCc1ccc(-c2ccccc2)[nH]1)C(=O)O. The van der Waals surface area contributed by atoms with Gasteiger partial charge in [-0.1, -0.05) is 30.3 Å². The smallest absolute Gasteiger partial charge is 0.328 e. The fourth-order valence-electron chi connectivity index (χ4n) is 2.08. The highest BCUT2D eigenvalue weighted by molar-refractivity contribution is 5.86. The molecule has 2 rings (SSSR count). The predicted octanol–water partition coefficient (Wildman–Crippen LogP) is 2.59. The van der Waals surface area contributed by atoms with Crippen molar-refractivity contribution in [3.63, 3.8) is 0 Å². The first-order valence-corrected chi connectivity index (χ1v) is 7.16. The Morgan fingerprint density at radius 2 is 1.82 bits per heavy atom. The molecule has 1 amide bonds. The number of amides is 1. The van der Waals surface area contributed by atoms with Crippen molar-refractivity contribution in [2.24, 2.45) is 0 Å². The van der Waals surface area contributed by atoms with E-state index >= 15 is 0 Å². The van der Waals surface area contributed by atoms with E-state index in [4.69, 9.17) is 5.11 Å². The Hall–Kier alpha value is -2.56. The van der Waals surface area contributed by atoms with Crippen LogP contribution >= 0.6 is 0 Å². The zero-order valence-electron chi connectivity index (χ0n) is 12.7. The van der Waals surface area contributed by atoms with Gasteiger partial charge in [-0.25, -0.2) is 4.79 Å². The molecule has 0 radical (unpaired) electrons. The highest BCUT2D eigenvalue weighted by Crippen LogP contribution is 2.18. The summed E-state index contributed by atoms with van der Waals surface area (Å²) in [5, 5.41) is 11.5. The Labute approximate surface area is 129 Å². The minimum atomic E-state index is -1.25. The lowest BCUT2D eigenvalue weighted by Gasteiger charge is -2.20. The van der Waals surface area contributed by atoms with Crippen LogP contribution < -0.4 is 5.32 Å². The molecule has 1 heterocycles. The van der Waals surface area contributed by atoms with E-state index in [9.17, 15) is 9.59 Å². The van der Waals surface area contributed by atoms with Crippen LogP contribution in [-0.4, -0.2) is 27.5 Å². The van der Waals surface area contributed by atoms with E-state index in [1.807, 2.05) is 42.5 Å². The summed E-state index contributed by atoms with van der Waals surface area (Å²) < 4.78 is 0. The van der Waals surface area contributed by atoms with Gasteiger partial charge in [0, 0.05) is 17.8 Å². The molecule has 0 saturated carbocycles. The van der Waals surface area contributed by atoms with Crippen molar-refractivity contribution in [2.45, 2.75) is 32.2 Å². The zero-order chi connectivity index (χ0) is 16.2. The van der Waals surface area contributed by atoms with Gasteiger partial charge in [0.25, 0.3) is 0 Å². The fourth-order valence-corrected chi connectivity index (χ4v) is 2.08. The molecule has 0 fully saturated rings. The van der Waals surface area contributed by atoms with Crippen LogP contribution in [0.15, 0.2) is 42.5 Å². The van der Waals surface area contributed by atoms with E-state index in [2.05, 4.69) is 10.3 Å². The Morgan fingerprint density at radius 1 is 1.14 bits per heavy atom. The number of carboxylic acids is 1. The molecular formula is C17H20N2O3. The van der Waals surface area contributed by atoms with Crippen LogP contribution in [0.25, 0.3) is 11.3 Å². The van der Waals surface area contributed by atoms with Gasteiger partial charge in [-0.15, -0.1) is 0 Å². The number of hydrogen-bond donors (Lipinski definition) is 3. The number of rotatable bonds is 6. The Bertz CT molecular complexity index is 660. The maximum atomic E-state index is 11.8. The fraction of sp³-hybridized carbons (Fsp3) is 0.294. The van der Waals surface area contributed by atoms with E-state index in [1.165, 1.54) is 13.8 Å². The highest BCUT2D eigenvalue weighted by atomic mass is 16.4. The summed E-state index contributed by atoms with van der Waals surface area (Å²) >= 11 is 0.